The maximum Gasteiger partial charge on any atom is 0.153 e. The maximum absolute atomic E-state index is 4.50. The Kier molecular flexibility index (Phi) is 6.37. The number of pyridine rings is 1. The quantitative estimate of drug-likeness (QED) is 0.482. The van der Waals surface area contributed by atoms with Gasteiger partial charge in [0, 0.05) is 18.6 Å². The summed E-state index contributed by atoms with van der Waals surface area (Å²) in [5, 5.41) is 8.93. The van der Waals surface area contributed by atoms with Gasteiger partial charge in [-0.3, -0.25) is 0 Å². The Morgan fingerprint density at radius 1 is 0.643 bits per heavy atom. The largest absolute Gasteiger partial charge is 0.241 e. The monoisotopic (exact) mass is 373 g/mol. The fourth-order valence-corrected chi connectivity index (χ4v) is 2.63. The predicted molar refractivity (Wildman–Crippen MR) is 113 cm³/mol. The summed E-state index contributed by atoms with van der Waals surface area (Å²) in [6.07, 6.45) is 5.72. The molecule has 0 unspecified atom stereocenters. The minimum Gasteiger partial charge on any atom is -0.241 e. The van der Waals surface area contributed by atoms with Gasteiger partial charge in [0.2, 0.25) is 0 Å². The Morgan fingerprint density at radius 2 is 1.21 bits per heavy atom. The first-order valence-corrected chi connectivity index (χ1v) is 9.62. The van der Waals surface area contributed by atoms with Crippen LogP contribution < -0.4 is 0 Å². The van der Waals surface area contributed by atoms with Crippen LogP contribution in [0.15, 0.2) is 79.3 Å². The second-order valence-corrected chi connectivity index (χ2v) is 7.20. The smallest absolute Gasteiger partial charge is 0.153 e. The minimum atomic E-state index is 0.458. The molecule has 0 fully saturated rings. The van der Waals surface area contributed by atoms with E-state index in [-0.39, 0.29) is 0 Å². The van der Waals surface area contributed by atoms with Crippen molar-refractivity contribution in [3.05, 3.63) is 90.6 Å². The van der Waals surface area contributed by atoms with Crippen molar-refractivity contribution in [1.82, 2.24) is 24.5 Å². The normalized spacial score (nSPS) is 10.8. The zero-order valence-corrected chi connectivity index (χ0v) is 16.9. The molecule has 0 saturated carbocycles. The summed E-state index contributed by atoms with van der Waals surface area (Å²) < 4.78 is 3.71. The molecule has 1 aromatic carbocycles. The highest BCUT2D eigenvalue weighted by Crippen LogP contribution is 2.14. The van der Waals surface area contributed by atoms with Crippen LogP contribution >= 0.6 is 0 Å². The standard InChI is InChI=1S/C12H14N2.C11H13N3/c1-10(2)12-8-9-14(13-12)11-6-4-3-5-7-11;1-9(2)10-6-8-14(13-10)11-5-3-4-7-12-11/h3-10H,1-2H3;3-9H,1-2H3. The van der Waals surface area contributed by atoms with Crippen molar-refractivity contribution in [2.45, 2.75) is 39.5 Å². The summed E-state index contributed by atoms with van der Waals surface area (Å²) in [4.78, 5) is 4.22. The zero-order chi connectivity index (χ0) is 19.9. The number of aromatic nitrogens is 5. The summed E-state index contributed by atoms with van der Waals surface area (Å²) in [7, 11) is 0. The van der Waals surface area contributed by atoms with E-state index in [1.165, 1.54) is 0 Å². The molecule has 0 bridgehead atoms. The van der Waals surface area contributed by atoms with Gasteiger partial charge in [-0.2, -0.15) is 10.2 Å². The molecule has 5 heteroatoms. The Morgan fingerprint density at radius 3 is 1.75 bits per heavy atom. The average molecular weight is 374 g/mol. The second kappa shape index (κ2) is 9.13. The third kappa shape index (κ3) is 4.94. The Bertz CT molecular complexity index is 887. The van der Waals surface area contributed by atoms with Crippen molar-refractivity contribution < 1.29 is 0 Å². The molecule has 0 spiro atoms. The van der Waals surface area contributed by atoms with Crippen molar-refractivity contribution in [2.75, 3.05) is 0 Å². The molecular weight excluding hydrogens is 346 g/mol. The van der Waals surface area contributed by atoms with Gasteiger partial charge in [0.05, 0.1) is 17.1 Å². The first-order valence-electron chi connectivity index (χ1n) is 9.62. The van der Waals surface area contributed by atoms with E-state index in [1.807, 2.05) is 59.5 Å². The topological polar surface area (TPSA) is 48.5 Å². The molecular formula is C23H27N5. The molecule has 28 heavy (non-hydrogen) atoms. The van der Waals surface area contributed by atoms with Crippen molar-refractivity contribution in [1.29, 1.82) is 0 Å². The van der Waals surface area contributed by atoms with Gasteiger partial charge in [0.15, 0.2) is 5.82 Å². The number of nitrogens with zero attached hydrogens (tertiary/aromatic N) is 5. The molecule has 3 aromatic heterocycles. The van der Waals surface area contributed by atoms with E-state index in [0.717, 1.165) is 22.9 Å². The maximum atomic E-state index is 4.50. The molecule has 0 aliphatic rings. The lowest BCUT2D eigenvalue weighted by Gasteiger charge is -2.01. The Hall–Kier alpha value is -3.21. The van der Waals surface area contributed by atoms with Crippen molar-refractivity contribution >= 4 is 0 Å². The van der Waals surface area contributed by atoms with Gasteiger partial charge < -0.3 is 0 Å². The summed E-state index contributed by atoms with van der Waals surface area (Å²) in [6, 6.07) is 20.0. The minimum absolute atomic E-state index is 0.458. The summed E-state index contributed by atoms with van der Waals surface area (Å²) in [6.45, 7) is 8.56. The van der Waals surface area contributed by atoms with E-state index in [9.17, 15) is 0 Å². The van der Waals surface area contributed by atoms with Crippen molar-refractivity contribution in [3.63, 3.8) is 0 Å². The highest BCUT2D eigenvalue weighted by Gasteiger charge is 2.05. The summed E-state index contributed by atoms with van der Waals surface area (Å²) in [5.74, 6) is 1.80. The van der Waals surface area contributed by atoms with Crippen LogP contribution in [-0.4, -0.2) is 24.5 Å². The van der Waals surface area contributed by atoms with Gasteiger partial charge in [-0.1, -0.05) is 52.0 Å². The van der Waals surface area contributed by atoms with Gasteiger partial charge in [-0.05, 0) is 48.2 Å². The summed E-state index contributed by atoms with van der Waals surface area (Å²) >= 11 is 0. The van der Waals surface area contributed by atoms with Gasteiger partial charge in [-0.25, -0.2) is 14.3 Å². The van der Waals surface area contributed by atoms with E-state index >= 15 is 0 Å². The third-order valence-electron chi connectivity index (χ3n) is 4.31. The SMILES string of the molecule is CC(C)c1ccn(-c2ccccc2)n1.CC(C)c1ccn(-c2ccccn2)n1. The molecule has 0 N–H and O–H groups in total. The van der Waals surface area contributed by atoms with Gasteiger partial charge >= 0.3 is 0 Å². The lowest BCUT2D eigenvalue weighted by atomic mass is 10.1. The van der Waals surface area contributed by atoms with Crippen LogP contribution in [0.2, 0.25) is 0 Å². The van der Waals surface area contributed by atoms with E-state index in [1.54, 1.807) is 10.9 Å². The number of hydrogen-bond donors (Lipinski definition) is 0. The van der Waals surface area contributed by atoms with Crippen molar-refractivity contribution in [3.8, 4) is 11.5 Å². The lowest BCUT2D eigenvalue weighted by Crippen LogP contribution is -1.98. The van der Waals surface area contributed by atoms with Crippen LogP contribution in [0, 0.1) is 0 Å². The highest BCUT2D eigenvalue weighted by molar-refractivity contribution is 5.30. The molecule has 0 atom stereocenters. The molecule has 144 valence electrons. The fourth-order valence-electron chi connectivity index (χ4n) is 2.63. The van der Waals surface area contributed by atoms with Gasteiger partial charge in [0.1, 0.15) is 0 Å². The molecule has 0 saturated heterocycles. The molecule has 0 aliphatic heterocycles. The van der Waals surface area contributed by atoms with Crippen LogP contribution in [0.25, 0.3) is 11.5 Å². The molecule has 0 radical (unpaired) electrons. The van der Waals surface area contributed by atoms with E-state index in [4.69, 9.17) is 0 Å². The highest BCUT2D eigenvalue weighted by atomic mass is 15.3. The van der Waals surface area contributed by atoms with Gasteiger partial charge in [0.25, 0.3) is 0 Å². The molecule has 5 nitrogen and oxygen atoms in total. The lowest BCUT2D eigenvalue weighted by molar-refractivity contribution is 0.758. The third-order valence-corrected chi connectivity index (χ3v) is 4.31. The Labute approximate surface area is 166 Å². The van der Waals surface area contributed by atoms with E-state index < -0.39 is 0 Å². The molecule has 3 heterocycles. The van der Waals surface area contributed by atoms with E-state index in [0.29, 0.717) is 11.8 Å². The molecule has 4 rings (SSSR count). The number of benzene rings is 1. The predicted octanol–water partition coefficient (Wildman–Crippen LogP) is 5.39. The second-order valence-electron chi connectivity index (χ2n) is 7.20. The van der Waals surface area contributed by atoms with Gasteiger partial charge in [-0.15, -0.1) is 0 Å². The Balaban J connectivity index is 0.000000161. The number of rotatable bonds is 4. The first kappa shape index (κ1) is 19.5. The van der Waals surface area contributed by atoms with Crippen LogP contribution in [-0.2, 0) is 0 Å². The molecule has 0 amide bonds. The van der Waals surface area contributed by atoms with Crippen LogP contribution in [0.4, 0.5) is 0 Å². The average Bonchev–Trinajstić information content (AvgIpc) is 3.40. The van der Waals surface area contributed by atoms with Crippen molar-refractivity contribution in [2.24, 2.45) is 0 Å². The van der Waals surface area contributed by atoms with E-state index in [2.05, 4.69) is 61.1 Å². The molecule has 4 aromatic rings. The van der Waals surface area contributed by atoms with Crippen LogP contribution in [0.1, 0.15) is 50.9 Å². The fraction of sp³-hybridized carbons (Fsp3) is 0.261. The van der Waals surface area contributed by atoms with Crippen LogP contribution in [0.5, 0.6) is 0 Å². The number of para-hydroxylation sites is 1. The first-order chi connectivity index (χ1) is 13.5. The van der Waals surface area contributed by atoms with Crippen LogP contribution in [0.3, 0.4) is 0 Å². The molecule has 0 aliphatic carbocycles. The summed E-state index contributed by atoms with van der Waals surface area (Å²) in [5.41, 5.74) is 3.34. The number of hydrogen-bond acceptors (Lipinski definition) is 3. The zero-order valence-electron chi connectivity index (χ0n) is 16.9.